The Hall–Kier alpha value is -0.940. The lowest BCUT2D eigenvalue weighted by molar-refractivity contribution is 0.0199. The van der Waals surface area contributed by atoms with E-state index >= 15 is 0 Å². The first-order valence-electron chi connectivity index (χ1n) is 5.03. The molecule has 0 bridgehead atoms. The molecule has 0 aliphatic carbocycles. The van der Waals surface area contributed by atoms with Crippen LogP contribution in [0.1, 0.15) is 24.7 Å². The molecule has 1 aliphatic rings. The van der Waals surface area contributed by atoms with Crippen molar-refractivity contribution in [2.45, 2.75) is 19.4 Å². The van der Waals surface area contributed by atoms with Gasteiger partial charge in [0.05, 0.1) is 6.61 Å². The van der Waals surface area contributed by atoms with E-state index in [1.54, 1.807) is 0 Å². The first-order valence-corrected chi connectivity index (χ1v) is 5.03. The highest BCUT2D eigenvalue weighted by atomic mass is 16.5. The van der Waals surface area contributed by atoms with Crippen LogP contribution < -0.4 is 5.32 Å². The van der Waals surface area contributed by atoms with E-state index in [9.17, 15) is 0 Å². The molecule has 1 aromatic heterocycles. The van der Waals surface area contributed by atoms with Crippen LogP contribution in [-0.4, -0.2) is 34.5 Å². The fourth-order valence-electron chi connectivity index (χ4n) is 1.61. The van der Waals surface area contributed by atoms with E-state index in [1.165, 1.54) is 0 Å². The second kappa shape index (κ2) is 4.06. The third kappa shape index (κ3) is 1.78. The third-order valence-electron chi connectivity index (χ3n) is 2.37. The van der Waals surface area contributed by atoms with Crippen LogP contribution in [0.5, 0.6) is 0 Å². The van der Waals surface area contributed by atoms with E-state index in [2.05, 4.69) is 22.3 Å². The maximum Gasteiger partial charge on any atom is 0.157 e. The number of aryl methyl sites for hydroxylation is 2. The molecule has 1 aromatic rings. The molecule has 5 nitrogen and oxygen atoms in total. The largest absolute Gasteiger partial charge is 0.368 e. The summed E-state index contributed by atoms with van der Waals surface area (Å²) in [6, 6.07) is 0. The zero-order valence-electron chi connectivity index (χ0n) is 8.66. The van der Waals surface area contributed by atoms with Gasteiger partial charge in [0, 0.05) is 26.6 Å². The van der Waals surface area contributed by atoms with Crippen LogP contribution >= 0.6 is 0 Å². The Morgan fingerprint density at radius 1 is 1.64 bits per heavy atom. The number of ether oxygens (including phenoxy) is 1. The topological polar surface area (TPSA) is 52.0 Å². The zero-order chi connectivity index (χ0) is 9.97. The minimum atomic E-state index is 0.0570. The van der Waals surface area contributed by atoms with Crippen molar-refractivity contribution in [2.24, 2.45) is 7.05 Å². The van der Waals surface area contributed by atoms with Gasteiger partial charge in [-0.15, -0.1) is 0 Å². The molecule has 0 amide bonds. The molecule has 1 fully saturated rings. The van der Waals surface area contributed by atoms with E-state index < -0.39 is 0 Å². The summed E-state index contributed by atoms with van der Waals surface area (Å²) in [5.41, 5.74) is 0. The minimum absolute atomic E-state index is 0.0570. The highest BCUT2D eigenvalue weighted by Crippen LogP contribution is 2.15. The quantitative estimate of drug-likeness (QED) is 0.725. The summed E-state index contributed by atoms with van der Waals surface area (Å²) < 4.78 is 7.43. The van der Waals surface area contributed by atoms with E-state index in [0.717, 1.165) is 37.8 Å². The molecule has 1 unspecified atom stereocenters. The first kappa shape index (κ1) is 9.61. The number of aromatic nitrogens is 3. The summed E-state index contributed by atoms with van der Waals surface area (Å²) in [5, 5.41) is 7.58. The van der Waals surface area contributed by atoms with Crippen molar-refractivity contribution in [3.05, 3.63) is 11.6 Å². The summed E-state index contributed by atoms with van der Waals surface area (Å²) in [6.45, 7) is 4.56. The lowest BCUT2D eigenvalue weighted by Gasteiger charge is -2.22. The molecule has 1 aliphatic heterocycles. The second-order valence-corrected chi connectivity index (χ2v) is 3.43. The molecule has 5 heteroatoms. The van der Waals surface area contributed by atoms with Gasteiger partial charge in [-0.3, -0.25) is 4.68 Å². The standard InChI is InChI=1S/C9H16N4O/c1-3-8-11-9(13(2)12-8)7-6-10-4-5-14-7/h7,10H,3-6H2,1-2H3. The van der Waals surface area contributed by atoms with Gasteiger partial charge in [-0.1, -0.05) is 6.92 Å². The number of hydrogen-bond acceptors (Lipinski definition) is 4. The highest BCUT2D eigenvalue weighted by molar-refractivity contribution is 4.98. The molecule has 2 rings (SSSR count). The Morgan fingerprint density at radius 2 is 2.50 bits per heavy atom. The summed E-state index contributed by atoms with van der Waals surface area (Å²) in [6.07, 6.45) is 0.926. The number of nitrogens with zero attached hydrogens (tertiary/aromatic N) is 3. The van der Waals surface area contributed by atoms with Gasteiger partial charge in [0.2, 0.25) is 0 Å². The zero-order valence-corrected chi connectivity index (χ0v) is 8.66. The van der Waals surface area contributed by atoms with Crippen LogP contribution in [0.2, 0.25) is 0 Å². The smallest absolute Gasteiger partial charge is 0.157 e. The van der Waals surface area contributed by atoms with Gasteiger partial charge in [-0.25, -0.2) is 4.98 Å². The molecule has 0 radical (unpaired) electrons. The Balaban J connectivity index is 2.17. The average molecular weight is 196 g/mol. The van der Waals surface area contributed by atoms with Crippen LogP contribution in [0, 0.1) is 0 Å². The average Bonchev–Trinajstić information content (AvgIpc) is 2.61. The van der Waals surface area contributed by atoms with E-state index in [4.69, 9.17) is 4.74 Å². The van der Waals surface area contributed by atoms with Crippen LogP contribution in [0.3, 0.4) is 0 Å². The number of nitrogens with one attached hydrogen (secondary N) is 1. The molecule has 1 atom stereocenters. The predicted octanol–water partition coefficient (Wildman–Crippen LogP) is 0.0384. The van der Waals surface area contributed by atoms with Gasteiger partial charge in [0.1, 0.15) is 6.10 Å². The molecule has 1 N–H and O–H groups in total. The van der Waals surface area contributed by atoms with Crippen LogP contribution in [0.25, 0.3) is 0 Å². The lowest BCUT2D eigenvalue weighted by Crippen LogP contribution is -2.34. The van der Waals surface area contributed by atoms with E-state index in [-0.39, 0.29) is 6.10 Å². The molecule has 14 heavy (non-hydrogen) atoms. The van der Waals surface area contributed by atoms with E-state index in [0.29, 0.717) is 0 Å². The van der Waals surface area contributed by atoms with Crippen molar-refractivity contribution < 1.29 is 4.74 Å². The molecular weight excluding hydrogens is 180 g/mol. The summed E-state index contributed by atoms with van der Waals surface area (Å²) >= 11 is 0. The Labute approximate surface area is 83.5 Å². The van der Waals surface area contributed by atoms with Gasteiger partial charge in [-0.05, 0) is 0 Å². The van der Waals surface area contributed by atoms with E-state index in [1.807, 2.05) is 11.7 Å². The summed E-state index contributed by atoms with van der Waals surface area (Å²) in [7, 11) is 1.92. The molecule has 78 valence electrons. The SMILES string of the molecule is CCc1nc(C2CNCCO2)n(C)n1. The maximum atomic E-state index is 5.62. The molecule has 0 saturated carbocycles. The normalized spacial score (nSPS) is 22.6. The van der Waals surface area contributed by atoms with Crippen molar-refractivity contribution in [2.75, 3.05) is 19.7 Å². The van der Waals surface area contributed by atoms with Crippen LogP contribution in [0.4, 0.5) is 0 Å². The van der Waals surface area contributed by atoms with Gasteiger partial charge in [0.15, 0.2) is 11.6 Å². The fraction of sp³-hybridized carbons (Fsp3) is 0.778. The lowest BCUT2D eigenvalue weighted by atomic mass is 10.3. The van der Waals surface area contributed by atoms with Crippen LogP contribution in [0.15, 0.2) is 0 Å². The monoisotopic (exact) mass is 196 g/mol. The first-order chi connectivity index (χ1) is 6.81. The fourth-order valence-corrected chi connectivity index (χ4v) is 1.61. The summed E-state index contributed by atoms with van der Waals surface area (Å²) in [4.78, 5) is 4.44. The summed E-state index contributed by atoms with van der Waals surface area (Å²) in [5.74, 6) is 1.81. The highest BCUT2D eigenvalue weighted by Gasteiger charge is 2.21. The number of morpholine rings is 1. The molecule has 2 heterocycles. The molecular formula is C9H16N4O. The van der Waals surface area contributed by atoms with Crippen molar-refractivity contribution >= 4 is 0 Å². The van der Waals surface area contributed by atoms with Crippen molar-refractivity contribution in [3.8, 4) is 0 Å². The van der Waals surface area contributed by atoms with Crippen molar-refractivity contribution in [1.29, 1.82) is 0 Å². The third-order valence-corrected chi connectivity index (χ3v) is 2.37. The minimum Gasteiger partial charge on any atom is -0.368 e. The van der Waals surface area contributed by atoms with Gasteiger partial charge >= 0.3 is 0 Å². The molecule has 0 aromatic carbocycles. The number of hydrogen-bond donors (Lipinski definition) is 1. The number of rotatable bonds is 2. The Morgan fingerprint density at radius 3 is 3.07 bits per heavy atom. The van der Waals surface area contributed by atoms with Crippen LogP contribution in [-0.2, 0) is 18.2 Å². The van der Waals surface area contributed by atoms with Gasteiger partial charge in [-0.2, -0.15) is 5.10 Å². The molecule has 0 spiro atoms. The van der Waals surface area contributed by atoms with Crippen molar-refractivity contribution in [3.63, 3.8) is 0 Å². The van der Waals surface area contributed by atoms with Gasteiger partial charge < -0.3 is 10.1 Å². The Bertz CT molecular complexity index is 304. The predicted molar refractivity (Wildman–Crippen MR) is 51.9 cm³/mol. The van der Waals surface area contributed by atoms with Gasteiger partial charge in [0.25, 0.3) is 0 Å². The van der Waals surface area contributed by atoms with Crippen molar-refractivity contribution in [1.82, 2.24) is 20.1 Å². The maximum absolute atomic E-state index is 5.62. The second-order valence-electron chi connectivity index (χ2n) is 3.43. The molecule has 1 saturated heterocycles. The Kier molecular flexibility index (Phi) is 2.79.